The summed E-state index contributed by atoms with van der Waals surface area (Å²) in [6, 6.07) is 9.72. The summed E-state index contributed by atoms with van der Waals surface area (Å²) in [6.45, 7) is 0. The van der Waals surface area contributed by atoms with E-state index in [1.165, 1.54) is 0 Å². The van der Waals surface area contributed by atoms with Crippen molar-refractivity contribution in [1.82, 2.24) is 0 Å². The normalized spacial score (nSPS) is 12.5. The molecule has 0 saturated heterocycles. The SMILES string of the molecule is CS(=O)(=O)O.NC(O)CCCCC(=O)C=Cc1ccccc1. The van der Waals surface area contributed by atoms with Crippen molar-refractivity contribution < 1.29 is 22.9 Å². The van der Waals surface area contributed by atoms with Crippen LogP contribution in [0.4, 0.5) is 0 Å². The molecule has 0 aliphatic heterocycles. The van der Waals surface area contributed by atoms with Crippen molar-refractivity contribution in [3.8, 4) is 0 Å². The summed E-state index contributed by atoms with van der Waals surface area (Å²) in [7, 11) is -3.67. The topological polar surface area (TPSA) is 118 Å². The minimum Gasteiger partial charge on any atom is -0.379 e. The molecular formula is C15H23NO5S. The van der Waals surface area contributed by atoms with E-state index in [-0.39, 0.29) is 5.78 Å². The Morgan fingerprint density at radius 3 is 2.32 bits per heavy atom. The Hall–Kier alpha value is -1.54. The van der Waals surface area contributed by atoms with Gasteiger partial charge in [0.25, 0.3) is 10.1 Å². The highest BCUT2D eigenvalue weighted by atomic mass is 32.2. The van der Waals surface area contributed by atoms with E-state index in [0.717, 1.165) is 18.4 Å². The molecule has 4 N–H and O–H groups in total. The van der Waals surface area contributed by atoms with Crippen molar-refractivity contribution in [2.45, 2.75) is 31.9 Å². The largest absolute Gasteiger partial charge is 0.379 e. The second-order valence-electron chi connectivity index (χ2n) is 4.76. The third-order valence-corrected chi connectivity index (χ3v) is 2.43. The highest BCUT2D eigenvalue weighted by molar-refractivity contribution is 7.85. The van der Waals surface area contributed by atoms with E-state index in [2.05, 4.69) is 0 Å². The van der Waals surface area contributed by atoms with Gasteiger partial charge in [0.1, 0.15) is 6.23 Å². The summed E-state index contributed by atoms with van der Waals surface area (Å²) in [5, 5.41) is 8.85. The molecular weight excluding hydrogens is 306 g/mol. The zero-order valence-corrected chi connectivity index (χ0v) is 13.4. The number of hydrogen-bond donors (Lipinski definition) is 3. The Bertz CT molecular complexity index is 545. The van der Waals surface area contributed by atoms with Crippen molar-refractivity contribution in [2.24, 2.45) is 5.73 Å². The van der Waals surface area contributed by atoms with E-state index in [9.17, 15) is 13.2 Å². The van der Waals surface area contributed by atoms with Crippen LogP contribution in [0.15, 0.2) is 36.4 Å². The van der Waals surface area contributed by atoms with Gasteiger partial charge in [0.2, 0.25) is 0 Å². The molecule has 0 amide bonds. The molecule has 1 unspecified atom stereocenters. The van der Waals surface area contributed by atoms with Gasteiger partial charge in [-0.25, -0.2) is 0 Å². The second-order valence-corrected chi connectivity index (χ2v) is 6.22. The third-order valence-electron chi connectivity index (χ3n) is 2.43. The van der Waals surface area contributed by atoms with Crippen molar-refractivity contribution >= 4 is 22.0 Å². The van der Waals surface area contributed by atoms with Crippen LogP contribution in [0, 0.1) is 0 Å². The van der Waals surface area contributed by atoms with Crippen LogP contribution in [0.25, 0.3) is 6.08 Å². The van der Waals surface area contributed by atoms with E-state index in [4.69, 9.17) is 15.4 Å². The first-order chi connectivity index (χ1) is 10.2. The number of hydrogen-bond acceptors (Lipinski definition) is 5. The molecule has 0 spiro atoms. The number of aliphatic hydroxyl groups is 1. The number of rotatable bonds is 7. The monoisotopic (exact) mass is 329 g/mol. The summed E-state index contributed by atoms with van der Waals surface area (Å²) < 4.78 is 25.9. The molecule has 0 radical (unpaired) electrons. The molecule has 0 heterocycles. The standard InChI is InChI=1S/C14H19NO2.CH4O3S/c15-14(17)9-5-4-8-13(16)11-10-12-6-2-1-3-7-12;1-5(2,3)4/h1-3,6-7,10-11,14,17H,4-5,8-9,15H2;1H3,(H,2,3,4). The predicted octanol–water partition coefficient (Wildman–Crippen LogP) is 1.61. The lowest BCUT2D eigenvalue weighted by Gasteiger charge is -2.01. The van der Waals surface area contributed by atoms with Crippen LogP contribution >= 0.6 is 0 Å². The van der Waals surface area contributed by atoms with Gasteiger partial charge in [0.05, 0.1) is 6.26 Å². The summed E-state index contributed by atoms with van der Waals surface area (Å²) in [5.74, 6) is 0.111. The molecule has 6 nitrogen and oxygen atoms in total. The maximum Gasteiger partial charge on any atom is 0.261 e. The van der Waals surface area contributed by atoms with Gasteiger partial charge in [-0.2, -0.15) is 8.42 Å². The first-order valence-electron chi connectivity index (χ1n) is 6.80. The van der Waals surface area contributed by atoms with E-state index >= 15 is 0 Å². The second kappa shape index (κ2) is 11.1. The van der Waals surface area contributed by atoms with Crippen molar-refractivity contribution in [2.75, 3.05) is 6.26 Å². The van der Waals surface area contributed by atoms with Gasteiger partial charge in [0, 0.05) is 6.42 Å². The van der Waals surface area contributed by atoms with E-state index < -0.39 is 16.3 Å². The highest BCUT2D eigenvalue weighted by Gasteiger charge is 1.99. The molecule has 0 aliphatic rings. The first kappa shape index (κ1) is 20.5. The highest BCUT2D eigenvalue weighted by Crippen LogP contribution is 2.05. The maximum atomic E-state index is 11.5. The quantitative estimate of drug-likeness (QED) is 0.303. The fraction of sp³-hybridized carbons (Fsp3) is 0.400. The average Bonchev–Trinajstić information content (AvgIpc) is 2.40. The zero-order chi connectivity index (χ0) is 17.0. The predicted molar refractivity (Wildman–Crippen MR) is 86.6 cm³/mol. The Morgan fingerprint density at radius 2 is 1.82 bits per heavy atom. The van der Waals surface area contributed by atoms with Gasteiger partial charge >= 0.3 is 0 Å². The number of carbonyl (C=O) groups is 1. The van der Waals surface area contributed by atoms with Crippen molar-refractivity contribution in [3.05, 3.63) is 42.0 Å². The van der Waals surface area contributed by atoms with Crippen LogP contribution in [0.2, 0.25) is 0 Å². The number of nitrogens with two attached hydrogens (primary N) is 1. The molecule has 22 heavy (non-hydrogen) atoms. The van der Waals surface area contributed by atoms with Crippen LogP contribution in [-0.2, 0) is 14.9 Å². The van der Waals surface area contributed by atoms with Gasteiger partial charge in [-0.15, -0.1) is 0 Å². The number of benzene rings is 1. The lowest BCUT2D eigenvalue weighted by atomic mass is 10.1. The summed E-state index contributed by atoms with van der Waals surface area (Å²) >= 11 is 0. The Morgan fingerprint density at radius 1 is 1.27 bits per heavy atom. The summed E-state index contributed by atoms with van der Waals surface area (Å²) in [6.07, 6.45) is 5.99. The number of unbranched alkanes of at least 4 members (excludes halogenated alkanes) is 1. The molecule has 7 heteroatoms. The Labute approximate surface area is 131 Å². The molecule has 0 aromatic heterocycles. The molecule has 0 saturated carbocycles. The first-order valence-corrected chi connectivity index (χ1v) is 8.65. The van der Waals surface area contributed by atoms with Crippen LogP contribution in [-0.4, -0.2) is 36.3 Å². The molecule has 0 fully saturated rings. The number of carbonyl (C=O) groups excluding carboxylic acids is 1. The summed E-state index contributed by atoms with van der Waals surface area (Å²) in [5.41, 5.74) is 6.23. The molecule has 0 bridgehead atoms. The Balaban J connectivity index is 0.000000763. The lowest BCUT2D eigenvalue weighted by molar-refractivity contribution is -0.114. The van der Waals surface area contributed by atoms with Gasteiger partial charge in [0.15, 0.2) is 5.78 Å². The van der Waals surface area contributed by atoms with Crippen molar-refractivity contribution in [1.29, 1.82) is 0 Å². The Kier molecular flexibility index (Phi) is 10.3. The lowest BCUT2D eigenvalue weighted by Crippen LogP contribution is -2.17. The van der Waals surface area contributed by atoms with Crippen LogP contribution in [0.1, 0.15) is 31.2 Å². The van der Waals surface area contributed by atoms with Crippen molar-refractivity contribution in [3.63, 3.8) is 0 Å². The van der Waals surface area contributed by atoms with Gasteiger partial charge < -0.3 is 10.8 Å². The summed E-state index contributed by atoms with van der Waals surface area (Å²) in [4.78, 5) is 11.5. The number of ketones is 1. The van der Waals surface area contributed by atoms with Crippen LogP contribution < -0.4 is 5.73 Å². The molecule has 1 aromatic carbocycles. The molecule has 0 aliphatic carbocycles. The average molecular weight is 329 g/mol. The minimum atomic E-state index is -3.67. The van der Waals surface area contributed by atoms with Gasteiger partial charge in [-0.05, 0) is 30.9 Å². The van der Waals surface area contributed by atoms with E-state index in [1.807, 2.05) is 36.4 Å². The molecule has 1 aromatic rings. The van der Waals surface area contributed by atoms with Gasteiger partial charge in [-0.3, -0.25) is 9.35 Å². The number of allylic oxidation sites excluding steroid dienone is 1. The molecule has 1 rings (SSSR count). The smallest absolute Gasteiger partial charge is 0.261 e. The van der Waals surface area contributed by atoms with Gasteiger partial charge in [-0.1, -0.05) is 36.4 Å². The van der Waals surface area contributed by atoms with Crippen LogP contribution in [0.5, 0.6) is 0 Å². The zero-order valence-electron chi connectivity index (χ0n) is 12.6. The minimum absolute atomic E-state index is 0.111. The van der Waals surface area contributed by atoms with E-state index in [1.54, 1.807) is 6.08 Å². The number of aliphatic hydroxyl groups excluding tert-OH is 1. The van der Waals surface area contributed by atoms with E-state index in [0.29, 0.717) is 19.1 Å². The fourth-order valence-electron chi connectivity index (χ4n) is 1.49. The third kappa shape index (κ3) is 16.5. The van der Waals surface area contributed by atoms with Crippen LogP contribution in [0.3, 0.4) is 0 Å². The molecule has 1 atom stereocenters. The fourth-order valence-corrected chi connectivity index (χ4v) is 1.49. The molecule has 124 valence electrons. The maximum absolute atomic E-state index is 11.5.